The highest BCUT2D eigenvalue weighted by Gasteiger charge is 2.24. The van der Waals surface area contributed by atoms with Crippen LogP contribution in [0.1, 0.15) is 13.3 Å². The standard InChI is InChI=1S/C12H16ClFN2/c1-8-7-16(5-4-11(8)15)12-6-9(13)2-3-10(12)14/h2-3,6,8,11H,4-5,7,15H2,1H3. The van der Waals surface area contributed by atoms with Gasteiger partial charge in [0.1, 0.15) is 5.82 Å². The van der Waals surface area contributed by atoms with Crippen molar-refractivity contribution in [1.29, 1.82) is 0 Å². The molecule has 0 bridgehead atoms. The van der Waals surface area contributed by atoms with E-state index in [0.717, 1.165) is 19.5 Å². The van der Waals surface area contributed by atoms with Crippen LogP contribution in [0.15, 0.2) is 18.2 Å². The first-order valence-corrected chi connectivity index (χ1v) is 5.91. The zero-order valence-corrected chi connectivity index (χ0v) is 10.0. The lowest BCUT2D eigenvalue weighted by atomic mass is 9.94. The SMILES string of the molecule is CC1CN(c2cc(Cl)ccc2F)CCC1N. The van der Waals surface area contributed by atoms with Gasteiger partial charge >= 0.3 is 0 Å². The summed E-state index contributed by atoms with van der Waals surface area (Å²) in [6.07, 6.45) is 0.896. The molecule has 0 amide bonds. The molecule has 1 aromatic carbocycles. The minimum Gasteiger partial charge on any atom is -0.369 e. The second kappa shape index (κ2) is 4.60. The maximum Gasteiger partial charge on any atom is 0.146 e. The molecule has 2 rings (SSSR count). The van der Waals surface area contributed by atoms with Crippen molar-refractivity contribution in [3.63, 3.8) is 0 Å². The monoisotopic (exact) mass is 242 g/mol. The van der Waals surface area contributed by atoms with E-state index in [-0.39, 0.29) is 11.9 Å². The molecular formula is C12H16ClFN2. The van der Waals surface area contributed by atoms with Gasteiger partial charge in [0.05, 0.1) is 5.69 Å². The largest absolute Gasteiger partial charge is 0.369 e. The number of hydrogen-bond donors (Lipinski definition) is 1. The number of nitrogens with two attached hydrogens (primary N) is 1. The van der Waals surface area contributed by atoms with Gasteiger partial charge in [-0.05, 0) is 30.5 Å². The first kappa shape index (κ1) is 11.7. The van der Waals surface area contributed by atoms with E-state index in [2.05, 4.69) is 6.92 Å². The number of piperidine rings is 1. The topological polar surface area (TPSA) is 29.3 Å². The summed E-state index contributed by atoms with van der Waals surface area (Å²) >= 11 is 5.88. The van der Waals surface area contributed by atoms with E-state index in [1.54, 1.807) is 12.1 Å². The lowest BCUT2D eigenvalue weighted by molar-refractivity contribution is 0.380. The van der Waals surface area contributed by atoms with Crippen molar-refractivity contribution in [3.8, 4) is 0 Å². The van der Waals surface area contributed by atoms with Crippen molar-refractivity contribution in [2.24, 2.45) is 11.7 Å². The normalized spacial score (nSPS) is 25.9. The Balaban J connectivity index is 2.21. The van der Waals surface area contributed by atoms with Crippen LogP contribution < -0.4 is 10.6 Å². The van der Waals surface area contributed by atoms with Crippen molar-refractivity contribution in [3.05, 3.63) is 29.0 Å². The number of benzene rings is 1. The zero-order chi connectivity index (χ0) is 11.7. The van der Waals surface area contributed by atoms with Crippen LogP contribution in [0.4, 0.5) is 10.1 Å². The molecular weight excluding hydrogens is 227 g/mol. The highest BCUT2D eigenvalue weighted by atomic mass is 35.5. The summed E-state index contributed by atoms with van der Waals surface area (Å²) in [7, 11) is 0. The summed E-state index contributed by atoms with van der Waals surface area (Å²) in [5, 5.41) is 0.568. The number of nitrogens with zero attached hydrogens (tertiary/aromatic N) is 1. The van der Waals surface area contributed by atoms with Crippen molar-refractivity contribution in [2.75, 3.05) is 18.0 Å². The van der Waals surface area contributed by atoms with E-state index >= 15 is 0 Å². The van der Waals surface area contributed by atoms with Crippen LogP contribution in [0.3, 0.4) is 0 Å². The third-order valence-corrected chi connectivity index (χ3v) is 3.46. The molecule has 2 nitrogen and oxygen atoms in total. The molecule has 2 atom stereocenters. The Bertz CT molecular complexity index is 383. The van der Waals surface area contributed by atoms with Crippen LogP contribution >= 0.6 is 11.6 Å². The molecule has 2 unspecified atom stereocenters. The number of hydrogen-bond acceptors (Lipinski definition) is 2. The van der Waals surface area contributed by atoms with Crippen LogP contribution in [-0.4, -0.2) is 19.1 Å². The van der Waals surface area contributed by atoms with E-state index in [1.165, 1.54) is 6.07 Å². The minimum atomic E-state index is -0.216. The summed E-state index contributed by atoms with van der Waals surface area (Å²) in [6.45, 7) is 3.68. The summed E-state index contributed by atoms with van der Waals surface area (Å²) in [4.78, 5) is 2.02. The molecule has 1 fully saturated rings. The maximum absolute atomic E-state index is 13.6. The van der Waals surface area contributed by atoms with Gasteiger partial charge in [-0.15, -0.1) is 0 Å². The molecule has 1 aliphatic heterocycles. The fourth-order valence-electron chi connectivity index (χ4n) is 2.11. The molecule has 4 heteroatoms. The highest BCUT2D eigenvalue weighted by molar-refractivity contribution is 6.30. The zero-order valence-electron chi connectivity index (χ0n) is 9.29. The number of halogens is 2. The predicted molar refractivity (Wildman–Crippen MR) is 65.4 cm³/mol. The van der Waals surface area contributed by atoms with Crippen LogP contribution in [-0.2, 0) is 0 Å². The van der Waals surface area contributed by atoms with Gasteiger partial charge in [0.2, 0.25) is 0 Å². The molecule has 0 radical (unpaired) electrons. The Kier molecular flexibility index (Phi) is 3.36. The third kappa shape index (κ3) is 2.30. The molecule has 1 saturated heterocycles. The Hall–Kier alpha value is -0.800. The van der Waals surface area contributed by atoms with Crippen LogP contribution in [0.5, 0.6) is 0 Å². The predicted octanol–water partition coefficient (Wildman–Crippen LogP) is 2.65. The van der Waals surface area contributed by atoms with Crippen molar-refractivity contribution in [2.45, 2.75) is 19.4 Å². The summed E-state index contributed by atoms with van der Waals surface area (Å²) < 4.78 is 13.6. The van der Waals surface area contributed by atoms with Crippen molar-refractivity contribution in [1.82, 2.24) is 0 Å². The van der Waals surface area contributed by atoms with Gasteiger partial charge in [0.15, 0.2) is 0 Å². The Morgan fingerprint density at radius 2 is 2.25 bits per heavy atom. The van der Waals surface area contributed by atoms with Gasteiger partial charge in [-0.25, -0.2) is 4.39 Å². The van der Waals surface area contributed by atoms with E-state index in [0.29, 0.717) is 16.6 Å². The maximum atomic E-state index is 13.6. The first-order valence-electron chi connectivity index (χ1n) is 5.53. The quantitative estimate of drug-likeness (QED) is 0.821. The van der Waals surface area contributed by atoms with Crippen LogP contribution in [0.25, 0.3) is 0 Å². The lowest BCUT2D eigenvalue weighted by Crippen LogP contribution is -2.46. The highest BCUT2D eigenvalue weighted by Crippen LogP contribution is 2.27. The average Bonchev–Trinajstić information content (AvgIpc) is 2.26. The fourth-order valence-corrected chi connectivity index (χ4v) is 2.28. The molecule has 1 heterocycles. The average molecular weight is 243 g/mol. The van der Waals surface area contributed by atoms with Crippen molar-refractivity contribution >= 4 is 17.3 Å². The Morgan fingerprint density at radius 1 is 1.50 bits per heavy atom. The summed E-state index contributed by atoms with van der Waals surface area (Å²) in [5.74, 6) is 0.166. The molecule has 16 heavy (non-hydrogen) atoms. The van der Waals surface area contributed by atoms with Gasteiger partial charge in [-0.1, -0.05) is 18.5 Å². The van der Waals surface area contributed by atoms with Gasteiger partial charge in [-0.3, -0.25) is 0 Å². The van der Waals surface area contributed by atoms with Crippen LogP contribution in [0.2, 0.25) is 5.02 Å². The molecule has 1 aliphatic rings. The second-order valence-electron chi connectivity index (χ2n) is 4.47. The van der Waals surface area contributed by atoms with Crippen molar-refractivity contribution < 1.29 is 4.39 Å². The molecule has 1 aromatic rings. The Labute approximate surface area is 100 Å². The number of anilines is 1. The van der Waals surface area contributed by atoms with Gasteiger partial charge in [0.25, 0.3) is 0 Å². The smallest absolute Gasteiger partial charge is 0.146 e. The summed E-state index contributed by atoms with van der Waals surface area (Å²) in [6, 6.07) is 4.88. The second-order valence-corrected chi connectivity index (χ2v) is 4.91. The van der Waals surface area contributed by atoms with Gasteiger partial charge in [-0.2, -0.15) is 0 Å². The fraction of sp³-hybridized carbons (Fsp3) is 0.500. The van der Waals surface area contributed by atoms with Gasteiger partial charge in [0, 0.05) is 24.2 Å². The van der Waals surface area contributed by atoms with Crippen LogP contribution in [0, 0.1) is 11.7 Å². The summed E-state index contributed by atoms with van der Waals surface area (Å²) in [5.41, 5.74) is 6.53. The molecule has 0 aliphatic carbocycles. The molecule has 0 saturated carbocycles. The molecule has 0 aromatic heterocycles. The minimum absolute atomic E-state index is 0.216. The van der Waals surface area contributed by atoms with E-state index < -0.39 is 0 Å². The Morgan fingerprint density at radius 3 is 2.94 bits per heavy atom. The van der Waals surface area contributed by atoms with E-state index in [4.69, 9.17) is 17.3 Å². The van der Waals surface area contributed by atoms with E-state index in [1.807, 2.05) is 4.90 Å². The lowest BCUT2D eigenvalue weighted by Gasteiger charge is -2.36. The first-order chi connectivity index (χ1) is 7.58. The number of rotatable bonds is 1. The third-order valence-electron chi connectivity index (χ3n) is 3.22. The molecule has 88 valence electrons. The molecule has 0 spiro atoms. The molecule has 2 N–H and O–H groups in total. The van der Waals surface area contributed by atoms with E-state index in [9.17, 15) is 4.39 Å². The van der Waals surface area contributed by atoms with Gasteiger partial charge < -0.3 is 10.6 Å².